The molecule has 0 unspecified atom stereocenters. The lowest BCUT2D eigenvalue weighted by Crippen LogP contribution is -2.43. The van der Waals surface area contributed by atoms with Gasteiger partial charge in [0.1, 0.15) is 6.61 Å². The molecule has 2 aliphatic heterocycles. The monoisotopic (exact) mass is 371 g/mol. The lowest BCUT2D eigenvalue weighted by Gasteiger charge is -2.39. The highest BCUT2D eigenvalue weighted by molar-refractivity contribution is 5.46. The average Bonchev–Trinajstić information content (AvgIpc) is 3.35. The lowest BCUT2D eigenvalue weighted by molar-refractivity contribution is 0.0639. The SMILES string of the molecule is COc1cccc(CN2CCC[C@]3(CCOC3)C2)c1OCCn1ccnc1. The molecule has 1 atom stereocenters. The Kier molecular flexibility index (Phi) is 5.64. The number of aromatic nitrogens is 2. The third kappa shape index (κ3) is 4.28. The summed E-state index contributed by atoms with van der Waals surface area (Å²) in [7, 11) is 1.70. The van der Waals surface area contributed by atoms with Gasteiger partial charge in [-0.25, -0.2) is 4.98 Å². The van der Waals surface area contributed by atoms with Crippen LogP contribution in [0.2, 0.25) is 0 Å². The number of imidazole rings is 1. The summed E-state index contributed by atoms with van der Waals surface area (Å²) in [6, 6.07) is 6.18. The molecule has 146 valence electrons. The third-order valence-electron chi connectivity index (χ3n) is 5.75. The summed E-state index contributed by atoms with van der Waals surface area (Å²) in [5, 5.41) is 0. The predicted octanol–water partition coefficient (Wildman–Crippen LogP) is 2.97. The van der Waals surface area contributed by atoms with Crippen LogP contribution in [-0.2, 0) is 17.8 Å². The highest BCUT2D eigenvalue weighted by atomic mass is 16.5. The fourth-order valence-corrected chi connectivity index (χ4v) is 4.34. The third-order valence-corrected chi connectivity index (χ3v) is 5.75. The van der Waals surface area contributed by atoms with Crippen molar-refractivity contribution in [3.05, 3.63) is 42.5 Å². The van der Waals surface area contributed by atoms with Crippen LogP contribution in [0.5, 0.6) is 11.5 Å². The normalized spacial score (nSPS) is 23.0. The van der Waals surface area contributed by atoms with E-state index >= 15 is 0 Å². The zero-order chi connectivity index (χ0) is 18.5. The molecule has 2 aromatic rings. The predicted molar refractivity (Wildman–Crippen MR) is 103 cm³/mol. The number of ether oxygens (including phenoxy) is 3. The van der Waals surface area contributed by atoms with Crippen molar-refractivity contribution in [2.24, 2.45) is 5.41 Å². The fraction of sp³-hybridized carbons (Fsp3) is 0.571. The summed E-state index contributed by atoms with van der Waals surface area (Å²) in [4.78, 5) is 6.63. The summed E-state index contributed by atoms with van der Waals surface area (Å²) in [5.41, 5.74) is 1.55. The second-order valence-corrected chi connectivity index (χ2v) is 7.71. The van der Waals surface area contributed by atoms with Gasteiger partial charge in [-0.1, -0.05) is 12.1 Å². The van der Waals surface area contributed by atoms with Crippen molar-refractivity contribution < 1.29 is 14.2 Å². The molecule has 1 spiro atoms. The maximum absolute atomic E-state index is 6.17. The molecule has 0 radical (unpaired) electrons. The van der Waals surface area contributed by atoms with E-state index in [1.165, 1.54) is 24.8 Å². The number of nitrogens with zero attached hydrogens (tertiary/aromatic N) is 3. The van der Waals surface area contributed by atoms with Crippen LogP contribution in [0.15, 0.2) is 36.9 Å². The van der Waals surface area contributed by atoms with Crippen molar-refractivity contribution in [2.75, 3.05) is 40.0 Å². The molecular weight excluding hydrogens is 342 g/mol. The number of methoxy groups -OCH3 is 1. The Morgan fingerprint density at radius 1 is 1.30 bits per heavy atom. The van der Waals surface area contributed by atoms with Crippen LogP contribution in [0.3, 0.4) is 0 Å². The molecule has 1 aromatic carbocycles. The molecule has 0 bridgehead atoms. The molecule has 3 heterocycles. The molecule has 2 saturated heterocycles. The van der Waals surface area contributed by atoms with Crippen LogP contribution in [0.1, 0.15) is 24.8 Å². The minimum atomic E-state index is 0.361. The van der Waals surface area contributed by atoms with E-state index in [4.69, 9.17) is 14.2 Å². The van der Waals surface area contributed by atoms with E-state index in [2.05, 4.69) is 22.0 Å². The van der Waals surface area contributed by atoms with Gasteiger partial charge in [-0.3, -0.25) is 4.90 Å². The smallest absolute Gasteiger partial charge is 0.165 e. The maximum atomic E-state index is 6.17. The second kappa shape index (κ2) is 8.31. The van der Waals surface area contributed by atoms with Gasteiger partial charge in [-0.2, -0.15) is 0 Å². The minimum Gasteiger partial charge on any atom is -0.493 e. The highest BCUT2D eigenvalue weighted by Gasteiger charge is 2.38. The summed E-state index contributed by atoms with van der Waals surface area (Å²) >= 11 is 0. The summed E-state index contributed by atoms with van der Waals surface area (Å²) in [6.45, 7) is 6.31. The van der Waals surface area contributed by atoms with Crippen LogP contribution in [0, 0.1) is 5.41 Å². The van der Waals surface area contributed by atoms with Gasteiger partial charge in [0.15, 0.2) is 11.5 Å². The van der Waals surface area contributed by atoms with Gasteiger partial charge in [-0.05, 0) is 31.9 Å². The first-order chi connectivity index (χ1) is 13.3. The molecule has 0 amide bonds. The first-order valence-electron chi connectivity index (χ1n) is 9.83. The summed E-state index contributed by atoms with van der Waals surface area (Å²) < 4.78 is 19.5. The molecule has 0 aliphatic carbocycles. The number of piperidine rings is 1. The van der Waals surface area contributed by atoms with Gasteiger partial charge in [0.25, 0.3) is 0 Å². The van der Waals surface area contributed by atoms with Crippen LogP contribution < -0.4 is 9.47 Å². The van der Waals surface area contributed by atoms with Crippen molar-refractivity contribution in [3.63, 3.8) is 0 Å². The summed E-state index contributed by atoms with van der Waals surface area (Å²) in [5.74, 6) is 1.66. The van der Waals surface area contributed by atoms with Crippen molar-refractivity contribution in [3.8, 4) is 11.5 Å². The quantitative estimate of drug-likeness (QED) is 0.749. The van der Waals surface area contributed by atoms with E-state index in [1.807, 2.05) is 23.2 Å². The summed E-state index contributed by atoms with van der Waals surface area (Å²) in [6.07, 6.45) is 9.26. The Morgan fingerprint density at radius 3 is 3.04 bits per heavy atom. The number of hydrogen-bond acceptors (Lipinski definition) is 5. The molecule has 2 fully saturated rings. The van der Waals surface area contributed by atoms with Gasteiger partial charge < -0.3 is 18.8 Å². The van der Waals surface area contributed by atoms with Crippen LogP contribution in [-0.4, -0.2) is 54.5 Å². The van der Waals surface area contributed by atoms with Crippen molar-refractivity contribution in [1.82, 2.24) is 14.5 Å². The molecule has 4 rings (SSSR count). The van der Waals surface area contributed by atoms with E-state index < -0.39 is 0 Å². The lowest BCUT2D eigenvalue weighted by atomic mass is 9.79. The topological polar surface area (TPSA) is 48.8 Å². The molecule has 6 heteroatoms. The molecule has 2 aliphatic rings. The van der Waals surface area contributed by atoms with E-state index in [0.717, 1.165) is 50.9 Å². The maximum Gasteiger partial charge on any atom is 0.165 e. The molecular formula is C21H29N3O3. The van der Waals surface area contributed by atoms with Crippen molar-refractivity contribution in [2.45, 2.75) is 32.4 Å². The Morgan fingerprint density at radius 2 is 2.26 bits per heavy atom. The van der Waals surface area contributed by atoms with E-state index in [1.54, 1.807) is 13.3 Å². The molecule has 0 N–H and O–H groups in total. The highest BCUT2D eigenvalue weighted by Crippen LogP contribution is 2.39. The van der Waals surface area contributed by atoms with E-state index in [0.29, 0.717) is 12.0 Å². The largest absolute Gasteiger partial charge is 0.493 e. The van der Waals surface area contributed by atoms with Gasteiger partial charge >= 0.3 is 0 Å². The Balaban J connectivity index is 1.44. The van der Waals surface area contributed by atoms with Crippen molar-refractivity contribution >= 4 is 0 Å². The zero-order valence-corrected chi connectivity index (χ0v) is 16.1. The average molecular weight is 371 g/mol. The Hall–Kier alpha value is -2.05. The van der Waals surface area contributed by atoms with Crippen LogP contribution in [0.4, 0.5) is 0 Å². The number of likely N-dealkylation sites (tertiary alicyclic amines) is 1. The molecule has 0 saturated carbocycles. The van der Waals surface area contributed by atoms with Gasteiger partial charge in [0.05, 0.1) is 26.6 Å². The first-order valence-corrected chi connectivity index (χ1v) is 9.83. The number of rotatable bonds is 7. The van der Waals surface area contributed by atoms with Gasteiger partial charge in [-0.15, -0.1) is 0 Å². The fourth-order valence-electron chi connectivity index (χ4n) is 4.34. The minimum absolute atomic E-state index is 0.361. The Labute approximate surface area is 161 Å². The number of para-hydroxylation sites is 1. The van der Waals surface area contributed by atoms with Crippen LogP contribution in [0.25, 0.3) is 0 Å². The molecule has 6 nitrogen and oxygen atoms in total. The second-order valence-electron chi connectivity index (χ2n) is 7.71. The first kappa shape index (κ1) is 18.3. The van der Waals surface area contributed by atoms with Crippen molar-refractivity contribution in [1.29, 1.82) is 0 Å². The van der Waals surface area contributed by atoms with Crippen LogP contribution >= 0.6 is 0 Å². The zero-order valence-electron chi connectivity index (χ0n) is 16.1. The molecule has 27 heavy (non-hydrogen) atoms. The van der Waals surface area contributed by atoms with E-state index in [-0.39, 0.29) is 0 Å². The standard InChI is InChI=1S/C21H29N3O3/c1-25-19-5-2-4-18(20(19)27-13-11-23-10-8-22-17-23)14-24-9-3-6-21(15-24)7-12-26-16-21/h2,4-5,8,10,17H,3,6-7,9,11-16H2,1H3/t21-/m0/s1. The van der Waals surface area contributed by atoms with E-state index in [9.17, 15) is 0 Å². The Bertz CT molecular complexity index is 726. The molecule has 1 aromatic heterocycles. The number of hydrogen-bond donors (Lipinski definition) is 0. The number of benzene rings is 1. The van der Waals surface area contributed by atoms with Gasteiger partial charge in [0, 0.05) is 43.1 Å². The van der Waals surface area contributed by atoms with Gasteiger partial charge in [0.2, 0.25) is 0 Å².